The number of rotatable bonds is 3. The lowest BCUT2D eigenvalue weighted by atomic mass is 9.93. The Morgan fingerprint density at radius 1 is 1.39 bits per heavy atom. The van der Waals surface area contributed by atoms with Crippen molar-refractivity contribution < 1.29 is 5.11 Å². The van der Waals surface area contributed by atoms with Crippen LogP contribution in [0.1, 0.15) is 50.2 Å². The van der Waals surface area contributed by atoms with Crippen molar-refractivity contribution in [3.63, 3.8) is 0 Å². The molecule has 2 nitrogen and oxygen atoms in total. The fraction of sp³-hybridized carbons (Fsp3) is 0.600. The number of hydrogen-bond acceptors (Lipinski definition) is 2. The predicted octanol–water partition coefficient (Wildman–Crippen LogP) is 3.85. The minimum Gasteiger partial charge on any atom is -0.507 e. The van der Waals surface area contributed by atoms with Gasteiger partial charge in [0.15, 0.2) is 0 Å². The summed E-state index contributed by atoms with van der Waals surface area (Å²) in [5.74, 6) is 0.725. The highest BCUT2D eigenvalue weighted by atomic mass is 35.5. The molecule has 1 saturated heterocycles. The van der Waals surface area contributed by atoms with Crippen LogP contribution in [0.5, 0.6) is 5.75 Å². The minimum atomic E-state index is 0.293. The van der Waals surface area contributed by atoms with Gasteiger partial charge < -0.3 is 10.4 Å². The standard InChI is InChI=1S/C15H22ClNO/c1-10(2)14-9-12(16)7-11(15(14)18)8-13-5-3-4-6-17-13/h7,9-10,13,17-18H,3-6,8H2,1-2H3. The van der Waals surface area contributed by atoms with E-state index in [4.69, 9.17) is 11.6 Å². The Bertz CT molecular complexity index is 411. The number of phenols is 1. The molecule has 1 fully saturated rings. The van der Waals surface area contributed by atoms with Crippen LogP contribution in [0.15, 0.2) is 12.1 Å². The second kappa shape index (κ2) is 5.94. The van der Waals surface area contributed by atoms with E-state index in [-0.39, 0.29) is 0 Å². The summed E-state index contributed by atoms with van der Waals surface area (Å²) in [4.78, 5) is 0. The van der Waals surface area contributed by atoms with Crippen LogP contribution in [0, 0.1) is 0 Å². The van der Waals surface area contributed by atoms with Crippen LogP contribution >= 0.6 is 11.6 Å². The molecule has 0 spiro atoms. The first-order valence-electron chi connectivity index (χ1n) is 6.82. The van der Waals surface area contributed by atoms with Crippen molar-refractivity contribution in [3.8, 4) is 5.75 Å². The van der Waals surface area contributed by atoms with Crippen molar-refractivity contribution in [2.24, 2.45) is 0 Å². The number of benzene rings is 1. The normalized spacial score (nSPS) is 20.3. The molecule has 0 radical (unpaired) electrons. The average Bonchev–Trinajstić information content (AvgIpc) is 2.34. The summed E-state index contributed by atoms with van der Waals surface area (Å²) < 4.78 is 0. The molecule has 1 heterocycles. The summed E-state index contributed by atoms with van der Waals surface area (Å²) >= 11 is 6.15. The fourth-order valence-electron chi connectivity index (χ4n) is 2.64. The van der Waals surface area contributed by atoms with E-state index >= 15 is 0 Å². The zero-order valence-corrected chi connectivity index (χ0v) is 11.9. The van der Waals surface area contributed by atoms with E-state index < -0.39 is 0 Å². The highest BCUT2D eigenvalue weighted by Crippen LogP contribution is 2.33. The molecular formula is C15H22ClNO. The number of piperidine rings is 1. The molecule has 1 aliphatic rings. The van der Waals surface area contributed by atoms with E-state index in [0.717, 1.165) is 29.1 Å². The van der Waals surface area contributed by atoms with Crippen molar-refractivity contribution in [1.29, 1.82) is 0 Å². The van der Waals surface area contributed by atoms with Crippen LogP contribution < -0.4 is 5.32 Å². The number of hydrogen-bond donors (Lipinski definition) is 2. The molecule has 1 aromatic carbocycles. The van der Waals surface area contributed by atoms with Gasteiger partial charge in [0, 0.05) is 11.1 Å². The van der Waals surface area contributed by atoms with Gasteiger partial charge >= 0.3 is 0 Å². The van der Waals surface area contributed by atoms with Gasteiger partial charge in [-0.05, 0) is 55.0 Å². The second-order valence-electron chi connectivity index (χ2n) is 5.51. The molecule has 100 valence electrons. The van der Waals surface area contributed by atoms with Crippen LogP contribution in [0.4, 0.5) is 0 Å². The smallest absolute Gasteiger partial charge is 0.122 e. The first-order valence-corrected chi connectivity index (χ1v) is 7.20. The van der Waals surface area contributed by atoms with Crippen molar-refractivity contribution in [3.05, 3.63) is 28.3 Å². The van der Waals surface area contributed by atoms with Gasteiger partial charge in [0.25, 0.3) is 0 Å². The quantitative estimate of drug-likeness (QED) is 0.872. The van der Waals surface area contributed by atoms with Crippen LogP contribution in [0.3, 0.4) is 0 Å². The molecule has 1 aliphatic heterocycles. The third kappa shape index (κ3) is 3.18. The van der Waals surface area contributed by atoms with Gasteiger partial charge in [0.1, 0.15) is 5.75 Å². The molecular weight excluding hydrogens is 246 g/mol. The van der Waals surface area contributed by atoms with E-state index in [2.05, 4.69) is 19.2 Å². The molecule has 18 heavy (non-hydrogen) atoms. The largest absolute Gasteiger partial charge is 0.507 e. The van der Waals surface area contributed by atoms with Gasteiger partial charge in [-0.15, -0.1) is 0 Å². The minimum absolute atomic E-state index is 0.293. The molecule has 0 amide bonds. The Morgan fingerprint density at radius 3 is 2.78 bits per heavy atom. The van der Waals surface area contributed by atoms with Crippen LogP contribution in [0.2, 0.25) is 5.02 Å². The highest BCUT2D eigenvalue weighted by Gasteiger charge is 2.18. The van der Waals surface area contributed by atoms with E-state index in [1.807, 2.05) is 12.1 Å². The molecule has 1 aromatic rings. The molecule has 2 N–H and O–H groups in total. The average molecular weight is 268 g/mol. The summed E-state index contributed by atoms with van der Waals surface area (Å²) in [6.07, 6.45) is 4.58. The number of phenolic OH excluding ortho intramolecular Hbond substituents is 1. The summed E-state index contributed by atoms with van der Waals surface area (Å²) in [5, 5.41) is 14.6. The maximum Gasteiger partial charge on any atom is 0.122 e. The van der Waals surface area contributed by atoms with E-state index in [9.17, 15) is 5.11 Å². The van der Waals surface area contributed by atoms with Crippen LogP contribution in [-0.2, 0) is 6.42 Å². The van der Waals surface area contributed by atoms with E-state index in [1.54, 1.807) is 0 Å². The lowest BCUT2D eigenvalue weighted by Gasteiger charge is -2.24. The number of halogens is 1. The Kier molecular flexibility index (Phi) is 4.52. The molecule has 3 heteroatoms. The first kappa shape index (κ1) is 13.7. The lowest BCUT2D eigenvalue weighted by Crippen LogP contribution is -2.35. The van der Waals surface area contributed by atoms with Gasteiger partial charge in [0.2, 0.25) is 0 Å². The topological polar surface area (TPSA) is 32.3 Å². The summed E-state index contributed by atoms with van der Waals surface area (Å²) in [6, 6.07) is 4.25. The molecule has 0 aromatic heterocycles. The van der Waals surface area contributed by atoms with Crippen molar-refractivity contribution in [1.82, 2.24) is 5.32 Å². The molecule has 0 bridgehead atoms. The SMILES string of the molecule is CC(C)c1cc(Cl)cc(CC2CCCCN2)c1O. The molecule has 1 unspecified atom stereocenters. The van der Waals surface area contributed by atoms with Crippen LogP contribution in [0.25, 0.3) is 0 Å². The van der Waals surface area contributed by atoms with E-state index in [1.165, 1.54) is 19.3 Å². The van der Waals surface area contributed by atoms with Crippen LogP contribution in [-0.4, -0.2) is 17.7 Å². The third-order valence-electron chi connectivity index (χ3n) is 3.68. The van der Waals surface area contributed by atoms with Gasteiger partial charge in [-0.1, -0.05) is 31.9 Å². The number of aromatic hydroxyl groups is 1. The second-order valence-corrected chi connectivity index (χ2v) is 5.94. The summed E-state index contributed by atoms with van der Waals surface area (Å²) in [6.45, 7) is 5.24. The van der Waals surface area contributed by atoms with Gasteiger partial charge in [-0.25, -0.2) is 0 Å². The van der Waals surface area contributed by atoms with Crippen molar-refractivity contribution >= 4 is 11.6 Å². The Labute approximate surface area is 114 Å². The molecule has 1 atom stereocenters. The molecule has 2 rings (SSSR count). The monoisotopic (exact) mass is 267 g/mol. The third-order valence-corrected chi connectivity index (χ3v) is 3.90. The van der Waals surface area contributed by atoms with Gasteiger partial charge in [-0.2, -0.15) is 0 Å². The summed E-state index contributed by atoms with van der Waals surface area (Å²) in [5.41, 5.74) is 1.93. The first-order chi connectivity index (χ1) is 8.58. The van der Waals surface area contributed by atoms with Gasteiger partial charge in [-0.3, -0.25) is 0 Å². The lowest BCUT2D eigenvalue weighted by molar-refractivity contribution is 0.390. The van der Waals surface area contributed by atoms with Crippen molar-refractivity contribution in [2.75, 3.05) is 6.54 Å². The highest BCUT2D eigenvalue weighted by molar-refractivity contribution is 6.30. The Hall–Kier alpha value is -0.730. The van der Waals surface area contributed by atoms with Crippen molar-refractivity contribution in [2.45, 2.75) is 51.5 Å². The maximum atomic E-state index is 10.3. The van der Waals surface area contributed by atoms with E-state index in [0.29, 0.717) is 17.7 Å². The molecule has 0 aliphatic carbocycles. The maximum absolute atomic E-state index is 10.3. The Balaban J connectivity index is 2.21. The number of nitrogens with one attached hydrogen (secondary N) is 1. The zero-order chi connectivity index (χ0) is 13.1. The van der Waals surface area contributed by atoms with Gasteiger partial charge in [0.05, 0.1) is 0 Å². The zero-order valence-electron chi connectivity index (χ0n) is 11.2. The predicted molar refractivity (Wildman–Crippen MR) is 76.6 cm³/mol. The Morgan fingerprint density at radius 2 is 2.17 bits per heavy atom. The fourth-order valence-corrected chi connectivity index (χ4v) is 2.89. The molecule has 0 saturated carbocycles. The summed E-state index contributed by atoms with van der Waals surface area (Å²) in [7, 11) is 0.